The molecule has 0 saturated carbocycles. The Balaban J connectivity index is 1.92. The first kappa shape index (κ1) is 21.0. The van der Waals surface area contributed by atoms with Gasteiger partial charge in [-0.3, -0.25) is 0 Å². The van der Waals surface area contributed by atoms with E-state index in [4.69, 9.17) is 4.74 Å². The van der Waals surface area contributed by atoms with Crippen molar-refractivity contribution >= 4 is 28.0 Å². The average molecular weight is 413 g/mol. The van der Waals surface area contributed by atoms with Gasteiger partial charge in [0.25, 0.3) is 0 Å². The molecular weight excluding hydrogens is 388 g/mol. The molecule has 0 aliphatic carbocycles. The molecular formula is C22H24N2O4S. The zero-order valence-corrected chi connectivity index (χ0v) is 17.6. The molecule has 1 heterocycles. The second kappa shape index (κ2) is 8.71. The van der Waals surface area contributed by atoms with Gasteiger partial charge in [-0.15, -0.1) is 0 Å². The van der Waals surface area contributed by atoms with Crippen molar-refractivity contribution in [2.75, 3.05) is 13.1 Å². The maximum absolute atomic E-state index is 12.8. The fourth-order valence-corrected chi connectivity index (χ4v) is 4.55. The number of sulfonamides is 1. The maximum atomic E-state index is 12.8. The van der Waals surface area contributed by atoms with Crippen LogP contribution in [0.2, 0.25) is 0 Å². The number of rotatable bonds is 7. The van der Waals surface area contributed by atoms with E-state index in [0.29, 0.717) is 18.7 Å². The molecule has 2 aromatic rings. The van der Waals surface area contributed by atoms with Crippen LogP contribution >= 0.6 is 0 Å². The van der Waals surface area contributed by atoms with Gasteiger partial charge in [0.2, 0.25) is 15.9 Å². The number of esters is 1. The minimum atomic E-state index is -3.61. The van der Waals surface area contributed by atoms with Crippen molar-refractivity contribution in [1.29, 1.82) is 0 Å². The molecule has 0 amide bonds. The van der Waals surface area contributed by atoms with Crippen molar-refractivity contribution in [2.24, 2.45) is 4.99 Å². The number of aliphatic imine (C=N–C) groups is 1. The Kier molecular flexibility index (Phi) is 6.30. The molecule has 0 unspecified atom stereocenters. The van der Waals surface area contributed by atoms with E-state index in [0.717, 1.165) is 12.0 Å². The molecule has 3 rings (SSSR count). The third-order valence-electron chi connectivity index (χ3n) is 4.74. The number of benzene rings is 2. The van der Waals surface area contributed by atoms with Crippen LogP contribution in [0.3, 0.4) is 0 Å². The number of carbonyl (C=O) groups is 1. The number of nitrogens with zero attached hydrogens (tertiary/aromatic N) is 2. The fraction of sp³-hybridized carbons (Fsp3) is 0.273. The summed E-state index contributed by atoms with van der Waals surface area (Å²) in [7, 11) is -3.61. The Hall–Kier alpha value is -2.77. The van der Waals surface area contributed by atoms with E-state index >= 15 is 0 Å². The van der Waals surface area contributed by atoms with Crippen LogP contribution in [-0.4, -0.2) is 37.7 Å². The summed E-state index contributed by atoms with van der Waals surface area (Å²) in [5.74, 6) is -0.459. The monoisotopic (exact) mass is 412 g/mol. The van der Waals surface area contributed by atoms with Gasteiger partial charge in [-0.1, -0.05) is 51.1 Å². The number of carbonyl (C=O) groups excluding carboxylic acids is 1. The van der Waals surface area contributed by atoms with Crippen LogP contribution in [0.15, 0.2) is 64.1 Å². The molecule has 0 radical (unpaired) electrons. The van der Waals surface area contributed by atoms with Gasteiger partial charge in [-0.05, 0) is 41.8 Å². The van der Waals surface area contributed by atoms with Gasteiger partial charge >= 0.3 is 5.97 Å². The largest absolute Gasteiger partial charge is 0.402 e. The van der Waals surface area contributed by atoms with Gasteiger partial charge in [0.1, 0.15) is 0 Å². The zero-order valence-electron chi connectivity index (χ0n) is 16.8. The van der Waals surface area contributed by atoms with Crippen molar-refractivity contribution in [2.45, 2.75) is 32.1 Å². The van der Waals surface area contributed by atoms with Crippen LogP contribution in [0, 0.1) is 0 Å². The van der Waals surface area contributed by atoms with E-state index in [1.807, 2.05) is 24.3 Å². The molecule has 0 N–H and O–H groups in total. The molecule has 0 aromatic heterocycles. The van der Waals surface area contributed by atoms with Crippen molar-refractivity contribution < 1.29 is 17.9 Å². The van der Waals surface area contributed by atoms with Crippen molar-refractivity contribution in [3.8, 4) is 0 Å². The molecule has 7 heteroatoms. The Morgan fingerprint density at radius 2 is 1.72 bits per heavy atom. The summed E-state index contributed by atoms with van der Waals surface area (Å²) in [5, 5.41) is 0. The normalized spacial score (nSPS) is 15.7. The summed E-state index contributed by atoms with van der Waals surface area (Å²) < 4.78 is 32.2. The lowest BCUT2D eigenvalue weighted by Gasteiger charge is -2.18. The van der Waals surface area contributed by atoms with Crippen LogP contribution in [0.25, 0.3) is 6.08 Å². The molecule has 0 atom stereocenters. The van der Waals surface area contributed by atoms with E-state index in [1.54, 1.807) is 32.1 Å². The third-order valence-corrected chi connectivity index (χ3v) is 6.78. The predicted molar refractivity (Wildman–Crippen MR) is 113 cm³/mol. The summed E-state index contributed by atoms with van der Waals surface area (Å²) in [6.07, 6.45) is 2.60. The van der Waals surface area contributed by atoms with E-state index in [1.165, 1.54) is 22.0 Å². The molecule has 1 aliphatic heterocycles. The van der Waals surface area contributed by atoms with Crippen LogP contribution in [0.5, 0.6) is 0 Å². The molecule has 2 aromatic carbocycles. The molecule has 0 spiro atoms. The topological polar surface area (TPSA) is 76.0 Å². The van der Waals surface area contributed by atoms with Gasteiger partial charge in [-0.2, -0.15) is 4.31 Å². The summed E-state index contributed by atoms with van der Waals surface area (Å²) in [4.78, 5) is 16.7. The standard InChI is InChI=1S/C22H24N2O4S/c1-4-16-10-12-17(13-11-16)14-20-22(25)28-21(23-20)18-8-7-9-19(15-18)29(26,27)24(5-2)6-3/h7-15H,4-6H2,1-3H3/b20-14-. The highest BCUT2D eigenvalue weighted by atomic mass is 32.2. The number of cyclic esters (lactones) is 1. The SMILES string of the molecule is CCc1ccc(/C=C2\N=C(c3cccc(S(=O)(=O)N(CC)CC)c3)OC2=O)cc1. The van der Waals surface area contributed by atoms with Crippen molar-refractivity contribution in [3.05, 3.63) is 70.9 Å². The zero-order chi connectivity index (χ0) is 21.0. The van der Waals surface area contributed by atoms with Crippen LogP contribution in [0.4, 0.5) is 0 Å². The Bertz CT molecular complexity index is 1070. The quantitative estimate of drug-likeness (QED) is 0.514. The van der Waals surface area contributed by atoms with Gasteiger partial charge in [-0.25, -0.2) is 18.2 Å². The van der Waals surface area contributed by atoms with Gasteiger partial charge in [0.15, 0.2) is 5.70 Å². The number of hydrogen-bond acceptors (Lipinski definition) is 5. The number of aryl methyl sites for hydroxylation is 1. The molecule has 6 nitrogen and oxygen atoms in total. The minimum Gasteiger partial charge on any atom is -0.402 e. The van der Waals surface area contributed by atoms with Crippen molar-refractivity contribution in [1.82, 2.24) is 4.31 Å². The molecule has 1 aliphatic rings. The average Bonchev–Trinajstić information content (AvgIpc) is 3.10. The summed E-state index contributed by atoms with van der Waals surface area (Å²) >= 11 is 0. The second-order valence-electron chi connectivity index (χ2n) is 6.55. The fourth-order valence-electron chi connectivity index (χ4n) is 3.04. The molecule has 0 bridgehead atoms. The van der Waals surface area contributed by atoms with E-state index in [2.05, 4.69) is 11.9 Å². The highest BCUT2D eigenvalue weighted by Gasteiger charge is 2.27. The Labute approximate surface area is 171 Å². The van der Waals surface area contributed by atoms with E-state index < -0.39 is 16.0 Å². The number of hydrogen-bond donors (Lipinski definition) is 0. The third kappa shape index (κ3) is 4.46. The van der Waals surface area contributed by atoms with Crippen LogP contribution in [-0.2, 0) is 26.0 Å². The summed E-state index contributed by atoms with van der Waals surface area (Å²) in [6, 6.07) is 14.1. The minimum absolute atomic E-state index is 0.100. The van der Waals surface area contributed by atoms with Gasteiger partial charge in [0, 0.05) is 18.7 Å². The molecule has 29 heavy (non-hydrogen) atoms. The Morgan fingerprint density at radius 3 is 2.34 bits per heavy atom. The first-order chi connectivity index (χ1) is 13.9. The van der Waals surface area contributed by atoms with Gasteiger partial charge < -0.3 is 4.74 Å². The lowest BCUT2D eigenvalue weighted by molar-refractivity contribution is -0.129. The first-order valence-electron chi connectivity index (χ1n) is 9.61. The van der Waals surface area contributed by atoms with Crippen LogP contribution in [0.1, 0.15) is 37.5 Å². The van der Waals surface area contributed by atoms with E-state index in [9.17, 15) is 13.2 Å². The molecule has 0 saturated heterocycles. The maximum Gasteiger partial charge on any atom is 0.363 e. The lowest BCUT2D eigenvalue weighted by Crippen LogP contribution is -2.30. The van der Waals surface area contributed by atoms with E-state index in [-0.39, 0.29) is 16.5 Å². The molecule has 152 valence electrons. The molecule has 0 fully saturated rings. The smallest absolute Gasteiger partial charge is 0.363 e. The summed E-state index contributed by atoms with van der Waals surface area (Å²) in [6.45, 7) is 6.41. The van der Waals surface area contributed by atoms with Crippen LogP contribution < -0.4 is 0 Å². The van der Waals surface area contributed by atoms with Crippen molar-refractivity contribution in [3.63, 3.8) is 0 Å². The number of ether oxygens (including phenoxy) is 1. The highest BCUT2D eigenvalue weighted by Crippen LogP contribution is 2.22. The highest BCUT2D eigenvalue weighted by molar-refractivity contribution is 7.89. The lowest BCUT2D eigenvalue weighted by atomic mass is 10.1. The van der Waals surface area contributed by atoms with Gasteiger partial charge in [0.05, 0.1) is 4.90 Å². The first-order valence-corrected chi connectivity index (χ1v) is 11.0. The Morgan fingerprint density at radius 1 is 1.03 bits per heavy atom. The summed E-state index contributed by atoms with van der Waals surface area (Å²) in [5.41, 5.74) is 2.67. The predicted octanol–water partition coefficient (Wildman–Crippen LogP) is 3.62. The second-order valence-corrected chi connectivity index (χ2v) is 8.49.